The first kappa shape index (κ1) is 19.1. The summed E-state index contributed by atoms with van der Waals surface area (Å²) in [5.74, 6) is -0.515. The number of aliphatic hydroxyl groups excluding tert-OH is 1. The van der Waals surface area contributed by atoms with E-state index in [4.69, 9.17) is 9.47 Å². The summed E-state index contributed by atoms with van der Waals surface area (Å²) in [5, 5.41) is 15.4. The molecule has 2 aliphatic rings. The van der Waals surface area contributed by atoms with Gasteiger partial charge in [-0.3, -0.25) is 9.59 Å². The number of benzene rings is 2. The number of amides is 2. The molecule has 4 rings (SSSR count). The molecule has 0 bridgehead atoms. The van der Waals surface area contributed by atoms with Gasteiger partial charge in [0.05, 0.1) is 6.10 Å². The van der Waals surface area contributed by atoms with Crippen LogP contribution in [0.5, 0.6) is 11.5 Å². The summed E-state index contributed by atoms with van der Waals surface area (Å²) in [6, 6.07) is 10.7. The second-order valence-corrected chi connectivity index (χ2v) is 7.10. The molecule has 2 amide bonds. The fourth-order valence-electron chi connectivity index (χ4n) is 3.49. The second kappa shape index (κ2) is 8.00. The van der Waals surface area contributed by atoms with Crippen LogP contribution in [0, 0.1) is 0 Å². The Hall–Kier alpha value is -3.26. The van der Waals surface area contributed by atoms with Crippen LogP contribution in [0.3, 0.4) is 0 Å². The molecule has 0 spiro atoms. The summed E-state index contributed by atoms with van der Waals surface area (Å²) in [4.78, 5) is 26.4. The van der Waals surface area contributed by atoms with Crippen LogP contribution in [0.2, 0.25) is 0 Å². The first-order valence-electron chi connectivity index (χ1n) is 9.52. The standard InChI is InChI=1S/C21H23N3O5/c1-24-7-6-13-10-14(2-4-16(13)24)17(25)12-22-20(26)21(27)23-15-3-5-18-19(11-15)29-9-8-28-18/h2-5,10-11,17,25H,6-9,12H2,1H3,(H,22,26)(H,23,27)/t17-/m1/s1. The molecule has 29 heavy (non-hydrogen) atoms. The van der Waals surface area contributed by atoms with Gasteiger partial charge >= 0.3 is 11.8 Å². The molecular formula is C21H23N3O5. The number of hydrogen-bond acceptors (Lipinski definition) is 6. The maximum absolute atomic E-state index is 12.1. The third-order valence-electron chi connectivity index (χ3n) is 5.08. The van der Waals surface area contributed by atoms with E-state index in [0.717, 1.165) is 18.7 Å². The zero-order valence-electron chi connectivity index (χ0n) is 16.1. The van der Waals surface area contributed by atoms with E-state index in [9.17, 15) is 14.7 Å². The molecule has 8 nitrogen and oxygen atoms in total. The molecule has 2 heterocycles. The molecule has 0 radical (unpaired) electrons. The Labute approximate surface area is 168 Å². The van der Waals surface area contributed by atoms with Gasteiger partial charge in [0.1, 0.15) is 13.2 Å². The smallest absolute Gasteiger partial charge is 0.313 e. The fourth-order valence-corrected chi connectivity index (χ4v) is 3.49. The maximum Gasteiger partial charge on any atom is 0.313 e. The Bertz CT molecular complexity index is 946. The molecule has 8 heteroatoms. The number of anilines is 2. The quantitative estimate of drug-likeness (QED) is 0.672. The van der Waals surface area contributed by atoms with E-state index in [1.807, 2.05) is 25.2 Å². The normalized spacial score (nSPS) is 15.4. The summed E-state index contributed by atoms with van der Waals surface area (Å²) in [5.41, 5.74) is 3.47. The lowest BCUT2D eigenvalue weighted by molar-refractivity contribution is -0.136. The van der Waals surface area contributed by atoms with Crippen LogP contribution in [0.4, 0.5) is 11.4 Å². The number of likely N-dealkylation sites (N-methyl/N-ethyl adjacent to an activating group) is 1. The first-order chi connectivity index (χ1) is 14.0. The molecule has 0 saturated carbocycles. The number of rotatable bonds is 4. The summed E-state index contributed by atoms with van der Waals surface area (Å²) in [6.07, 6.45) is 0.0358. The van der Waals surface area contributed by atoms with Crippen molar-refractivity contribution in [2.45, 2.75) is 12.5 Å². The Morgan fingerprint density at radius 1 is 1.10 bits per heavy atom. The van der Waals surface area contributed by atoms with Crippen molar-refractivity contribution in [1.82, 2.24) is 5.32 Å². The molecular weight excluding hydrogens is 374 g/mol. The van der Waals surface area contributed by atoms with Crippen LogP contribution in [-0.2, 0) is 16.0 Å². The van der Waals surface area contributed by atoms with Gasteiger partial charge in [-0.1, -0.05) is 12.1 Å². The van der Waals surface area contributed by atoms with Crippen LogP contribution in [0.25, 0.3) is 0 Å². The van der Waals surface area contributed by atoms with Crippen LogP contribution < -0.4 is 25.0 Å². The zero-order valence-corrected chi connectivity index (χ0v) is 16.1. The van der Waals surface area contributed by atoms with Crippen molar-refractivity contribution in [3.63, 3.8) is 0 Å². The van der Waals surface area contributed by atoms with Crippen LogP contribution >= 0.6 is 0 Å². The Morgan fingerprint density at radius 3 is 2.72 bits per heavy atom. The lowest BCUT2D eigenvalue weighted by atomic mass is 10.0. The Kier molecular flexibility index (Phi) is 5.26. The van der Waals surface area contributed by atoms with Crippen molar-refractivity contribution in [3.05, 3.63) is 47.5 Å². The fraction of sp³-hybridized carbons (Fsp3) is 0.333. The van der Waals surface area contributed by atoms with E-state index >= 15 is 0 Å². The summed E-state index contributed by atoms with van der Waals surface area (Å²) in [6.45, 7) is 1.81. The van der Waals surface area contributed by atoms with E-state index in [2.05, 4.69) is 15.5 Å². The third-order valence-corrected chi connectivity index (χ3v) is 5.08. The molecule has 152 valence electrons. The minimum absolute atomic E-state index is 0.0536. The number of ether oxygens (including phenoxy) is 2. The minimum Gasteiger partial charge on any atom is -0.486 e. The van der Waals surface area contributed by atoms with Gasteiger partial charge in [0.15, 0.2) is 11.5 Å². The summed E-state index contributed by atoms with van der Waals surface area (Å²) >= 11 is 0. The molecule has 0 aliphatic carbocycles. The number of carbonyl (C=O) groups is 2. The van der Waals surface area contributed by atoms with Gasteiger partial charge in [0, 0.05) is 37.6 Å². The van der Waals surface area contributed by atoms with E-state index in [1.54, 1.807) is 18.2 Å². The van der Waals surface area contributed by atoms with Crippen LogP contribution in [0.15, 0.2) is 36.4 Å². The number of hydrogen-bond donors (Lipinski definition) is 3. The van der Waals surface area contributed by atoms with E-state index in [1.165, 1.54) is 5.56 Å². The molecule has 0 aromatic heterocycles. The van der Waals surface area contributed by atoms with Gasteiger partial charge in [-0.15, -0.1) is 0 Å². The van der Waals surface area contributed by atoms with Gasteiger partial charge in [-0.25, -0.2) is 0 Å². The lowest BCUT2D eigenvalue weighted by Crippen LogP contribution is -2.37. The number of fused-ring (bicyclic) bond motifs is 2. The number of nitrogens with one attached hydrogen (secondary N) is 2. The monoisotopic (exact) mass is 397 g/mol. The highest BCUT2D eigenvalue weighted by atomic mass is 16.6. The largest absolute Gasteiger partial charge is 0.486 e. The van der Waals surface area contributed by atoms with Crippen LogP contribution in [0.1, 0.15) is 17.2 Å². The average molecular weight is 397 g/mol. The molecule has 2 aromatic carbocycles. The molecule has 0 saturated heterocycles. The summed E-state index contributed by atoms with van der Waals surface area (Å²) < 4.78 is 10.9. The van der Waals surface area contributed by atoms with Gasteiger partial charge < -0.3 is 30.1 Å². The van der Waals surface area contributed by atoms with Crippen molar-refractivity contribution < 1.29 is 24.2 Å². The van der Waals surface area contributed by atoms with Gasteiger partial charge in [0.2, 0.25) is 0 Å². The first-order valence-corrected chi connectivity index (χ1v) is 9.52. The minimum atomic E-state index is -0.891. The number of aliphatic hydroxyl groups is 1. The third kappa shape index (κ3) is 4.12. The Balaban J connectivity index is 1.31. The van der Waals surface area contributed by atoms with Gasteiger partial charge in [-0.2, -0.15) is 0 Å². The van der Waals surface area contributed by atoms with E-state index < -0.39 is 17.9 Å². The second-order valence-electron chi connectivity index (χ2n) is 7.10. The number of carbonyl (C=O) groups excluding carboxylic acids is 2. The van der Waals surface area contributed by atoms with Crippen molar-refractivity contribution in [3.8, 4) is 11.5 Å². The molecule has 2 aromatic rings. The van der Waals surface area contributed by atoms with Crippen molar-refractivity contribution in [1.29, 1.82) is 0 Å². The highest BCUT2D eigenvalue weighted by molar-refractivity contribution is 6.39. The molecule has 1 atom stereocenters. The van der Waals surface area contributed by atoms with Gasteiger partial charge in [0.25, 0.3) is 0 Å². The van der Waals surface area contributed by atoms with E-state index in [0.29, 0.717) is 36.0 Å². The predicted molar refractivity (Wildman–Crippen MR) is 107 cm³/mol. The van der Waals surface area contributed by atoms with E-state index in [-0.39, 0.29) is 6.54 Å². The zero-order chi connectivity index (χ0) is 20.4. The Morgan fingerprint density at radius 2 is 1.90 bits per heavy atom. The number of nitrogens with zero attached hydrogens (tertiary/aromatic N) is 1. The molecule has 2 aliphatic heterocycles. The van der Waals surface area contributed by atoms with Crippen molar-refractivity contribution in [2.75, 3.05) is 43.6 Å². The molecule has 0 fully saturated rings. The molecule has 3 N–H and O–H groups in total. The lowest BCUT2D eigenvalue weighted by Gasteiger charge is -2.19. The molecule has 0 unspecified atom stereocenters. The SMILES string of the molecule is CN1CCc2cc([C@H](O)CNC(=O)C(=O)Nc3ccc4c(c3)OCCO4)ccc21. The maximum atomic E-state index is 12.1. The highest BCUT2D eigenvalue weighted by Crippen LogP contribution is 2.32. The average Bonchev–Trinajstić information content (AvgIpc) is 3.11. The van der Waals surface area contributed by atoms with Gasteiger partial charge in [-0.05, 0) is 35.7 Å². The summed E-state index contributed by atoms with van der Waals surface area (Å²) in [7, 11) is 2.03. The predicted octanol–water partition coefficient (Wildman–Crippen LogP) is 1.24. The van der Waals surface area contributed by atoms with Crippen molar-refractivity contribution in [2.24, 2.45) is 0 Å². The topological polar surface area (TPSA) is 100 Å². The van der Waals surface area contributed by atoms with Crippen molar-refractivity contribution >= 4 is 23.2 Å². The van der Waals surface area contributed by atoms with Crippen LogP contribution in [-0.4, -0.2) is 50.3 Å². The highest BCUT2D eigenvalue weighted by Gasteiger charge is 2.20.